The predicted octanol–water partition coefficient (Wildman–Crippen LogP) is 1.14. The Hall–Kier alpha value is -4.30. The average Bonchev–Trinajstić information content (AvgIpc) is 2.94. The first-order chi connectivity index (χ1) is 19.8. The second kappa shape index (κ2) is 14.1. The Morgan fingerprint density at radius 3 is 2.36 bits per heavy atom. The van der Waals surface area contributed by atoms with Crippen LogP contribution in [0.1, 0.15) is 50.5 Å². The van der Waals surface area contributed by atoms with Gasteiger partial charge in [0.2, 0.25) is 5.91 Å². The summed E-state index contributed by atoms with van der Waals surface area (Å²) in [6, 6.07) is 12.5. The van der Waals surface area contributed by atoms with Gasteiger partial charge < -0.3 is 34.9 Å². The maximum absolute atomic E-state index is 13.4. The number of benzene rings is 1. The third-order valence-corrected chi connectivity index (χ3v) is 6.50. The molecule has 2 amide bonds. The van der Waals surface area contributed by atoms with Crippen molar-refractivity contribution in [1.29, 1.82) is 0 Å². The van der Waals surface area contributed by atoms with Crippen molar-refractivity contribution in [2.45, 2.75) is 63.7 Å². The number of hydrogen-bond acceptors (Lipinski definition) is 10. The summed E-state index contributed by atoms with van der Waals surface area (Å²) in [5, 5.41) is 24.9. The number of aromatic nitrogens is 1. The Labute approximate surface area is 243 Å². The highest BCUT2D eigenvalue weighted by atomic mass is 16.7. The molecular formula is C28H34BN3O10. The first-order valence-corrected chi connectivity index (χ1v) is 13.3. The van der Waals surface area contributed by atoms with Crippen molar-refractivity contribution in [3.63, 3.8) is 0 Å². The number of carboxylic acids is 1. The fourth-order valence-electron chi connectivity index (χ4n) is 4.55. The van der Waals surface area contributed by atoms with Crippen LogP contribution in [0.2, 0.25) is 0 Å². The van der Waals surface area contributed by atoms with Gasteiger partial charge in [-0.15, -0.1) is 0 Å². The quantitative estimate of drug-likeness (QED) is 0.207. The number of ether oxygens (including phenoxy) is 1. The highest BCUT2D eigenvalue weighted by molar-refractivity contribution is 6.50. The molecular weight excluding hydrogens is 549 g/mol. The lowest BCUT2D eigenvalue weighted by Crippen LogP contribution is -2.63. The molecule has 2 heterocycles. The van der Waals surface area contributed by atoms with Gasteiger partial charge in [-0.2, -0.15) is 0 Å². The molecule has 4 atom stereocenters. The van der Waals surface area contributed by atoms with Crippen molar-refractivity contribution in [2.75, 3.05) is 7.11 Å². The van der Waals surface area contributed by atoms with Crippen molar-refractivity contribution in [1.82, 2.24) is 15.6 Å². The maximum atomic E-state index is 13.4. The van der Waals surface area contributed by atoms with Crippen LogP contribution in [0, 0.1) is 5.92 Å². The molecule has 14 heteroatoms. The van der Waals surface area contributed by atoms with Gasteiger partial charge in [-0.25, -0.2) is 9.78 Å². The third kappa shape index (κ3) is 8.14. The summed E-state index contributed by atoms with van der Waals surface area (Å²) < 4.78 is 15.8. The van der Waals surface area contributed by atoms with Crippen LogP contribution >= 0.6 is 0 Å². The van der Waals surface area contributed by atoms with Gasteiger partial charge in [-0.05, 0) is 31.4 Å². The van der Waals surface area contributed by atoms with E-state index in [2.05, 4.69) is 15.6 Å². The molecule has 0 saturated carbocycles. The summed E-state index contributed by atoms with van der Waals surface area (Å²) in [6.07, 6.45) is -2.78. The molecule has 0 radical (unpaired) electrons. The normalized spacial score (nSPS) is 18.8. The summed E-state index contributed by atoms with van der Waals surface area (Å²) >= 11 is 0. The van der Waals surface area contributed by atoms with Crippen molar-refractivity contribution >= 4 is 36.8 Å². The van der Waals surface area contributed by atoms with Crippen LogP contribution in [0.25, 0.3) is 11.3 Å². The van der Waals surface area contributed by atoms with Gasteiger partial charge in [0.15, 0.2) is 5.60 Å². The first kappa shape index (κ1) is 32.2. The minimum atomic E-state index is -2.17. The number of hydrogen-bond donors (Lipinski definition) is 4. The second-order valence-corrected chi connectivity index (χ2v) is 10.4. The molecule has 1 aromatic heterocycles. The number of carboxylic acid groups (broad SMARTS) is 1. The van der Waals surface area contributed by atoms with Crippen molar-refractivity contribution < 1.29 is 48.2 Å². The Bertz CT molecular complexity index is 1300. The number of amides is 2. The monoisotopic (exact) mass is 583 g/mol. The molecule has 0 aliphatic carbocycles. The second-order valence-electron chi connectivity index (χ2n) is 10.4. The summed E-state index contributed by atoms with van der Waals surface area (Å²) in [5.74, 6) is -6.17. The average molecular weight is 583 g/mol. The van der Waals surface area contributed by atoms with E-state index in [4.69, 9.17) is 14.0 Å². The molecule has 2 aromatic rings. The standard InChI is InChI=1S/C28H34BN3O10/c1-16(2)13-21(29-41-23(36)15-28(42-29,14-22(34)35)27(39)40-4)31-26(38)24(17(3)33)32-25(37)20-12-8-11-19(30-20)18-9-6-5-7-10-18/h5-12,16-17,21,24,33H,13-15H2,1-4H3,(H,31,38)(H,32,37)(H,34,35)/t17-,21+,24+,28+/m1/s1. The van der Waals surface area contributed by atoms with Crippen LogP contribution in [-0.2, 0) is 33.2 Å². The zero-order valence-corrected chi connectivity index (χ0v) is 23.7. The summed E-state index contributed by atoms with van der Waals surface area (Å²) in [4.78, 5) is 67.5. The topological polar surface area (TPSA) is 190 Å². The van der Waals surface area contributed by atoms with Gasteiger partial charge in [0.05, 0.1) is 37.7 Å². The van der Waals surface area contributed by atoms with Crippen LogP contribution in [0.5, 0.6) is 0 Å². The van der Waals surface area contributed by atoms with Crippen LogP contribution in [-0.4, -0.2) is 82.8 Å². The predicted molar refractivity (Wildman–Crippen MR) is 149 cm³/mol. The van der Waals surface area contributed by atoms with E-state index in [1.165, 1.54) is 13.0 Å². The number of esters is 1. The highest BCUT2D eigenvalue weighted by Crippen LogP contribution is 2.31. The Morgan fingerprint density at radius 2 is 1.76 bits per heavy atom. The molecule has 4 N–H and O–H groups in total. The van der Waals surface area contributed by atoms with E-state index in [1.807, 2.05) is 44.2 Å². The highest BCUT2D eigenvalue weighted by Gasteiger charge is 2.55. The summed E-state index contributed by atoms with van der Waals surface area (Å²) in [5.41, 5.74) is -0.852. The van der Waals surface area contributed by atoms with Crippen LogP contribution < -0.4 is 10.6 Å². The van der Waals surface area contributed by atoms with E-state index < -0.39 is 73.4 Å². The molecule has 0 spiro atoms. The van der Waals surface area contributed by atoms with Gasteiger partial charge in [-0.1, -0.05) is 50.2 Å². The number of carbonyl (C=O) groups is 5. The molecule has 1 fully saturated rings. The molecule has 0 unspecified atom stereocenters. The van der Waals surface area contributed by atoms with Crippen molar-refractivity contribution in [2.24, 2.45) is 5.92 Å². The van der Waals surface area contributed by atoms with Gasteiger partial charge in [0.1, 0.15) is 11.7 Å². The Balaban J connectivity index is 1.83. The molecule has 0 bridgehead atoms. The van der Waals surface area contributed by atoms with E-state index in [-0.39, 0.29) is 18.0 Å². The largest absolute Gasteiger partial charge is 0.552 e. The number of carbonyl (C=O) groups excluding carboxylic acids is 4. The number of nitrogens with one attached hydrogen (secondary N) is 2. The van der Waals surface area contributed by atoms with Gasteiger partial charge in [0, 0.05) is 5.56 Å². The van der Waals surface area contributed by atoms with E-state index in [0.29, 0.717) is 5.69 Å². The molecule has 3 rings (SSSR count). The molecule has 42 heavy (non-hydrogen) atoms. The number of nitrogens with zero attached hydrogens (tertiary/aromatic N) is 1. The lowest BCUT2D eigenvalue weighted by molar-refractivity contribution is -0.177. The number of rotatable bonds is 12. The number of pyridine rings is 1. The lowest BCUT2D eigenvalue weighted by Gasteiger charge is -2.38. The van der Waals surface area contributed by atoms with Crippen molar-refractivity contribution in [3.8, 4) is 11.3 Å². The minimum Gasteiger partial charge on any atom is -0.508 e. The van der Waals surface area contributed by atoms with Gasteiger partial charge in [-0.3, -0.25) is 19.2 Å². The Kier molecular flexibility index (Phi) is 10.8. The van der Waals surface area contributed by atoms with E-state index in [1.54, 1.807) is 12.1 Å². The molecule has 1 aliphatic heterocycles. The first-order valence-electron chi connectivity index (χ1n) is 13.3. The Morgan fingerprint density at radius 1 is 1.07 bits per heavy atom. The number of aliphatic carboxylic acids is 1. The van der Waals surface area contributed by atoms with Crippen LogP contribution in [0.15, 0.2) is 48.5 Å². The van der Waals surface area contributed by atoms with E-state index in [0.717, 1.165) is 12.7 Å². The maximum Gasteiger partial charge on any atom is 0.552 e. The molecule has 224 valence electrons. The number of methoxy groups -OCH3 is 1. The molecule has 1 saturated heterocycles. The number of aliphatic hydroxyl groups is 1. The lowest BCUT2D eigenvalue weighted by atomic mass is 9.70. The smallest absolute Gasteiger partial charge is 0.508 e. The fourth-order valence-corrected chi connectivity index (χ4v) is 4.55. The van der Waals surface area contributed by atoms with Gasteiger partial charge in [0.25, 0.3) is 11.9 Å². The fraction of sp³-hybridized carbons (Fsp3) is 0.429. The van der Waals surface area contributed by atoms with Gasteiger partial charge >= 0.3 is 19.1 Å². The molecule has 1 aliphatic rings. The minimum absolute atomic E-state index is 0.00890. The molecule has 13 nitrogen and oxygen atoms in total. The summed E-state index contributed by atoms with van der Waals surface area (Å²) in [6.45, 7) is 4.93. The third-order valence-electron chi connectivity index (χ3n) is 6.50. The summed E-state index contributed by atoms with van der Waals surface area (Å²) in [7, 11) is -0.539. The van der Waals surface area contributed by atoms with Crippen molar-refractivity contribution in [3.05, 3.63) is 54.2 Å². The SMILES string of the molecule is COC(=O)[C@]1(CC(=O)O)CC(=O)OB([C@H](CC(C)C)NC(=O)[C@@H](NC(=O)c2cccc(-c3ccccc3)n2)[C@@H](C)O)O1. The van der Waals surface area contributed by atoms with Crippen LogP contribution in [0.3, 0.4) is 0 Å². The zero-order chi connectivity index (χ0) is 31.0. The van der Waals surface area contributed by atoms with E-state index in [9.17, 15) is 34.2 Å². The van der Waals surface area contributed by atoms with Crippen LogP contribution in [0.4, 0.5) is 0 Å². The van der Waals surface area contributed by atoms with E-state index >= 15 is 0 Å². The zero-order valence-electron chi connectivity index (χ0n) is 23.7. The number of aliphatic hydroxyl groups excluding tert-OH is 1. The molecule has 1 aromatic carbocycles.